The van der Waals surface area contributed by atoms with Crippen LogP contribution in [0, 0.1) is 0 Å². The highest BCUT2D eigenvalue weighted by atomic mass is 32.2. The van der Waals surface area contributed by atoms with Crippen molar-refractivity contribution in [2.75, 3.05) is 26.5 Å². The predicted octanol–water partition coefficient (Wildman–Crippen LogP) is 3.77. The Morgan fingerprint density at radius 3 is 2.39 bits per heavy atom. The van der Waals surface area contributed by atoms with Crippen LogP contribution in [-0.2, 0) is 10.5 Å². The quantitative estimate of drug-likeness (QED) is 0.345. The van der Waals surface area contributed by atoms with Crippen molar-refractivity contribution in [1.29, 1.82) is 0 Å². The van der Waals surface area contributed by atoms with Gasteiger partial charge in [0.05, 0.1) is 31.1 Å². The second-order valence-corrected chi connectivity index (χ2v) is 8.52. The first-order valence-electron chi connectivity index (χ1n) is 9.63. The molecular formula is C22H24N4O3S2. The zero-order valence-electron chi connectivity index (χ0n) is 17.4. The third-order valence-electron chi connectivity index (χ3n) is 4.14. The molecule has 0 unspecified atom stereocenters. The molecule has 2 aromatic heterocycles. The number of nitrogens with zero attached hydrogens (tertiary/aromatic N) is 3. The number of ether oxygens (including phenoxy) is 2. The van der Waals surface area contributed by atoms with E-state index in [0.29, 0.717) is 29.9 Å². The van der Waals surface area contributed by atoms with Crippen molar-refractivity contribution in [2.24, 2.45) is 0 Å². The van der Waals surface area contributed by atoms with Crippen molar-refractivity contribution in [3.8, 4) is 11.8 Å². The fourth-order valence-corrected chi connectivity index (χ4v) is 4.37. The third kappa shape index (κ3) is 7.15. The monoisotopic (exact) mass is 456 g/mol. The number of carbonyl (C=O) groups excluding carboxylic acids is 1. The minimum Gasteiger partial charge on any atom is -0.481 e. The van der Waals surface area contributed by atoms with Gasteiger partial charge in [-0.15, -0.1) is 0 Å². The first-order chi connectivity index (χ1) is 15.2. The minimum absolute atomic E-state index is 0.0400. The zero-order chi connectivity index (χ0) is 21.9. The first kappa shape index (κ1) is 22.9. The molecule has 162 valence electrons. The molecule has 0 bridgehead atoms. The van der Waals surface area contributed by atoms with Crippen LogP contribution in [0.5, 0.6) is 11.8 Å². The van der Waals surface area contributed by atoms with Gasteiger partial charge in [0.25, 0.3) is 0 Å². The summed E-state index contributed by atoms with van der Waals surface area (Å²) >= 11 is 3.07. The second-order valence-electron chi connectivity index (χ2n) is 6.29. The highest BCUT2D eigenvalue weighted by molar-refractivity contribution is 8.00. The van der Waals surface area contributed by atoms with Crippen LogP contribution in [0.2, 0.25) is 0 Å². The largest absolute Gasteiger partial charge is 0.481 e. The van der Waals surface area contributed by atoms with E-state index in [1.807, 2.05) is 48.5 Å². The topological polar surface area (TPSA) is 86.2 Å². The van der Waals surface area contributed by atoms with Crippen LogP contribution >= 0.6 is 23.5 Å². The molecule has 1 aromatic carbocycles. The lowest BCUT2D eigenvalue weighted by atomic mass is 10.1. The van der Waals surface area contributed by atoms with Gasteiger partial charge >= 0.3 is 0 Å². The maximum Gasteiger partial charge on any atom is 0.238 e. The molecule has 31 heavy (non-hydrogen) atoms. The van der Waals surface area contributed by atoms with E-state index in [2.05, 4.69) is 20.3 Å². The summed E-state index contributed by atoms with van der Waals surface area (Å²) in [4.78, 5) is 25.9. The molecule has 0 aliphatic rings. The van der Waals surface area contributed by atoms with Crippen LogP contribution < -0.4 is 14.8 Å². The third-order valence-corrected chi connectivity index (χ3v) is 6.30. The van der Waals surface area contributed by atoms with Crippen LogP contribution in [0.3, 0.4) is 0 Å². The molecule has 0 aliphatic carbocycles. The second kappa shape index (κ2) is 12.2. The Morgan fingerprint density at radius 2 is 1.74 bits per heavy atom. The number of pyridine rings is 1. The van der Waals surface area contributed by atoms with Crippen LogP contribution in [-0.4, -0.2) is 47.4 Å². The number of thioether (sulfide) groups is 2. The van der Waals surface area contributed by atoms with Gasteiger partial charge in [0.15, 0.2) is 0 Å². The molecule has 0 saturated carbocycles. The number of carbonyl (C=O) groups is 1. The van der Waals surface area contributed by atoms with E-state index in [9.17, 15) is 4.79 Å². The van der Waals surface area contributed by atoms with Crippen molar-refractivity contribution in [3.05, 3.63) is 72.2 Å². The van der Waals surface area contributed by atoms with Crippen LogP contribution in [0.4, 0.5) is 0 Å². The van der Waals surface area contributed by atoms with E-state index in [1.54, 1.807) is 38.2 Å². The Labute approximate surface area is 190 Å². The lowest BCUT2D eigenvalue weighted by Crippen LogP contribution is -2.30. The van der Waals surface area contributed by atoms with Gasteiger partial charge in [-0.25, -0.2) is 4.98 Å². The maximum atomic E-state index is 12.9. The van der Waals surface area contributed by atoms with E-state index in [0.717, 1.165) is 16.3 Å². The summed E-state index contributed by atoms with van der Waals surface area (Å²) in [5.74, 6) is 2.83. The average molecular weight is 457 g/mol. The van der Waals surface area contributed by atoms with Crippen LogP contribution in [0.15, 0.2) is 65.8 Å². The fourth-order valence-electron chi connectivity index (χ4n) is 2.66. The van der Waals surface area contributed by atoms with E-state index in [-0.39, 0.29) is 11.2 Å². The molecule has 1 N–H and O–H groups in total. The Hall–Kier alpha value is -2.78. The number of rotatable bonds is 11. The SMILES string of the molecule is COc1cc(OC)nc(CSCCNC(=O)[C@H](Sc2ccccn2)c2ccccc2)n1. The van der Waals surface area contributed by atoms with Gasteiger partial charge in [0.2, 0.25) is 17.7 Å². The van der Waals surface area contributed by atoms with E-state index >= 15 is 0 Å². The van der Waals surface area contributed by atoms with E-state index < -0.39 is 0 Å². The van der Waals surface area contributed by atoms with Gasteiger partial charge in [0, 0.05) is 18.5 Å². The van der Waals surface area contributed by atoms with Crippen molar-refractivity contribution in [3.63, 3.8) is 0 Å². The number of amides is 1. The van der Waals surface area contributed by atoms with Crippen LogP contribution in [0.1, 0.15) is 16.6 Å². The lowest BCUT2D eigenvalue weighted by molar-refractivity contribution is -0.120. The Balaban J connectivity index is 1.53. The summed E-state index contributed by atoms with van der Waals surface area (Å²) in [7, 11) is 3.11. The average Bonchev–Trinajstić information content (AvgIpc) is 2.83. The zero-order valence-corrected chi connectivity index (χ0v) is 19.0. The summed E-state index contributed by atoms with van der Waals surface area (Å²) in [5, 5.41) is 3.48. The normalized spacial score (nSPS) is 11.5. The number of benzene rings is 1. The van der Waals surface area contributed by atoms with Gasteiger partial charge in [-0.05, 0) is 17.7 Å². The van der Waals surface area contributed by atoms with Gasteiger partial charge < -0.3 is 14.8 Å². The first-order valence-corrected chi connectivity index (χ1v) is 11.7. The molecule has 0 spiro atoms. The molecule has 0 saturated heterocycles. The highest BCUT2D eigenvalue weighted by Crippen LogP contribution is 2.34. The predicted molar refractivity (Wildman–Crippen MR) is 124 cm³/mol. The molecule has 3 rings (SSSR count). The summed E-state index contributed by atoms with van der Waals surface area (Å²) < 4.78 is 10.3. The van der Waals surface area contributed by atoms with E-state index in [1.165, 1.54) is 11.8 Å². The molecule has 7 nitrogen and oxygen atoms in total. The maximum absolute atomic E-state index is 12.9. The number of hydrogen-bond donors (Lipinski definition) is 1. The Kier molecular flexibility index (Phi) is 8.99. The van der Waals surface area contributed by atoms with Crippen LogP contribution in [0.25, 0.3) is 0 Å². The Bertz CT molecular complexity index is 939. The number of aromatic nitrogens is 3. The molecule has 0 aliphatic heterocycles. The van der Waals surface area contributed by atoms with Gasteiger partial charge in [-0.3, -0.25) is 4.79 Å². The molecular weight excluding hydrogens is 432 g/mol. The fraction of sp³-hybridized carbons (Fsp3) is 0.273. The lowest BCUT2D eigenvalue weighted by Gasteiger charge is -2.16. The molecule has 0 radical (unpaired) electrons. The highest BCUT2D eigenvalue weighted by Gasteiger charge is 2.22. The van der Waals surface area contributed by atoms with Gasteiger partial charge in [0.1, 0.15) is 11.1 Å². The molecule has 2 heterocycles. The minimum atomic E-state index is -0.368. The molecule has 0 fully saturated rings. The molecule has 1 amide bonds. The summed E-state index contributed by atoms with van der Waals surface area (Å²) in [6.07, 6.45) is 1.73. The summed E-state index contributed by atoms with van der Waals surface area (Å²) in [6, 6.07) is 17.1. The number of methoxy groups -OCH3 is 2. The van der Waals surface area contributed by atoms with E-state index in [4.69, 9.17) is 9.47 Å². The number of hydrogen-bond acceptors (Lipinski definition) is 8. The van der Waals surface area contributed by atoms with Crippen molar-refractivity contribution in [2.45, 2.75) is 16.0 Å². The Morgan fingerprint density at radius 1 is 1.03 bits per heavy atom. The summed E-state index contributed by atoms with van der Waals surface area (Å²) in [5.41, 5.74) is 0.945. The standard InChI is InChI=1S/C22H24N4O3S2/c1-28-18-14-19(29-2)26-17(25-18)15-30-13-12-24-22(27)21(16-8-4-3-5-9-16)31-20-10-6-7-11-23-20/h3-11,14,21H,12-13,15H2,1-2H3,(H,24,27)/t21-/m1/s1. The smallest absolute Gasteiger partial charge is 0.238 e. The van der Waals surface area contributed by atoms with Gasteiger partial charge in [-0.1, -0.05) is 48.2 Å². The number of nitrogens with one attached hydrogen (secondary N) is 1. The van der Waals surface area contributed by atoms with Crippen molar-refractivity contribution in [1.82, 2.24) is 20.3 Å². The summed E-state index contributed by atoms with van der Waals surface area (Å²) in [6.45, 7) is 0.538. The van der Waals surface area contributed by atoms with Crippen molar-refractivity contribution >= 4 is 29.4 Å². The van der Waals surface area contributed by atoms with Gasteiger partial charge in [-0.2, -0.15) is 21.7 Å². The molecule has 9 heteroatoms. The molecule has 3 aromatic rings. The van der Waals surface area contributed by atoms with Crippen molar-refractivity contribution < 1.29 is 14.3 Å². The molecule has 1 atom stereocenters.